The Hall–Kier alpha value is -1.33. The van der Waals surface area contributed by atoms with Crippen LogP contribution in [-0.2, 0) is 9.59 Å². The first-order valence-electron chi connectivity index (χ1n) is 6.68. The molecule has 1 aromatic rings. The molecule has 1 aromatic heterocycles. The molecule has 21 heavy (non-hydrogen) atoms. The second kappa shape index (κ2) is 8.20. The second-order valence-electron chi connectivity index (χ2n) is 4.95. The van der Waals surface area contributed by atoms with Gasteiger partial charge in [0.25, 0.3) is 0 Å². The second-order valence-corrected chi connectivity index (χ2v) is 5.21. The first-order valence-corrected chi connectivity index (χ1v) is 7.21. The van der Waals surface area contributed by atoms with Crippen molar-refractivity contribution in [2.75, 3.05) is 24.3 Å². The molecular formula is C14H19Cl2N3O2. The van der Waals surface area contributed by atoms with Gasteiger partial charge in [-0.25, -0.2) is 4.98 Å². The molecule has 0 bridgehead atoms. The standard InChI is InChI=1S/C14H18ClN3O2.ClH/c1-10-3-2-6-16-13(10)17-14(20)11-4-7-18(8-5-11)12(19)9-15;/h2-3,6,11H,4-5,7-9H2,1H3,(H,16,17,20);1H. The molecule has 2 amide bonds. The number of alkyl halides is 1. The van der Waals surface area contributed by atoms with Gasteiger partial charge in [-0.05, 0) is 31.4 Å². The average molecular weight is 332 g/mol. The number of carbonyl (C=O) groups is 2. The lowest BCUT2D eigenvalue weighted by molar-refractivity contribution is -0.132. The average Bonchev–Trinajstić information content (AvgIpc) is 2.49. The molecule has 0 radical (unpaired) electrons. The number of amides is 2. The van der Waals surface area contributed by atoms with E-state index in [1.54, 1.807) is 11.1 Å². The van der Waals surface area contributed by atoms with Gasteiger partial charge in [0, 0.05) is 25.2 Å². The Morgan fingerprint density at radius 3 is 2.67 bits per heavy atom. The van der Waals surface area contributed by atoms with E-state index in [0.29, 0.717) is 31.7 Å². The Morgan fingerprint density at radius 1 is 1.43 bits per heavy atom. The van der Waals surface area contributed by atoms with Crippen LogP contribution in [0.25, 0.3) is 0 Å². The maximum atomic E-state index is 12.2. The number of halogens is 2. The highest BCUT2D eigenvalue weighted by atomic mass is 35.5. The predicted octanol–water partition coefficient (Wildman–Crippen LogP) is 2.23. The maximum absolute atomic E-state index is 12.2. The highest BCUT2D eigenvalue weighted by molar-refractivity contribution is 6.27. The van der Waals surface area contributed by atoms with E-state index in [4.69, 9.17) is 11.6 Å². The lowest BCUT2D eigenvalue weighted by Crippen LogP contribution is -2.42. The number of hydrogen-bond donors (Lipinski definition) is 1. The maximum Gasteiger partial charge on any atom is 0.237 e. The number of pyridine rings is 1. The van der Waals surface area contributed by atoms with Crippen LogP contribution in [0.5, 0.6) is 0 Å². The van der Waals surface area contributed by atoms with E-state index in [2.05, 4.69) is 10.3 Å². The van der Waals surface area contributed by atoms with Crippen molar-refractivity contribution in [3.05, 3.63) is 23.9 Å². The van der Waals surface area contributed by atoms with Gasteiger partial charge in [-0.2, -0.15) is 0 Å². The number of piperidine rings is 1. The monoisotopic (exact) mass is 331 g/mol. The summed E-state index contributed by atoms with van der Waals surface area (Å²) in [5.41, 5.74) is 0.940. The summed E-state index contributed by atoms with van der Waals surface area (Å²) in [6.45, 7) is 3.08. The summed E-state index contributed by atoms with van der Waals surface area (Å²) in [6.07, 6.45) is 2.99. The molecule has 2 rings (SSSR count). The minimum atomic E-state index is -0.0734. The molecule has 5 nitrogen and oxygen atoms in total. The molecule has 0 atom stereocenters. The quantitative estimate of drug-likeness (QED) is 0.864. The highest BCUT2D eigenvalue weighted by Crippen LogP contribution is 2.20. The summed E-state index contributed by atoms with van der Waals surface area (Å²) in [5, 5.41) is 2.86. The highest BCUT2D eigenvalue weighted by Gasteiger charge is 2.27. The fraction of sp³-hybridized carbons (Fsp3) is 0.500. The molecular weight excluding hydrogens is 313 g/mol. The fourth-order valence-corrected chi connectivity index (χ4v) is 2.48. The normalized spacial score (nSPS) is 15.2. The van der Waals surface area contributed by atoms with Crippen molar-refractivity contribution >= 4 is 41.6 Å². The van der Waals surface area contributed by atoms with Crippen LogP contribution in [-0.4, -0.2) is 40.7 Å². The first kappa shape index (κ1) is 17.7. The van der Waals surface area contributed by atoms with Gasteiger partial charge in [0.2, 0.25) is 11.8 Å². The van der Waals surface area contributed by atoms with Crippen molar-refractivity contribution in [1.82, 2.24) is 9.88 Å². The van der Waals surface area contributed by atoms with Gasteiger partial charge in [-0.3, -0.25) is 9.59 Å². The molecule has 0 unspecified atom stereocenters. The van der Waals surface area contributed by atoms with Crippen molar-refractivity contribution in [1.29, 1.82) is 0 Å². The summed E-state index contributed by atoms with van der Waals surface area (Å²) < 4.78 is 0. The zero-order chi connectivity index (χ0) is 14.5. The van der Waals surface area contributed by atoms with Crippen molar-refractivity contribution in [2.24, 2.45) is 5.92 Å². The minimum Gasteiger partial charge on any atom is -0.342 e. The number of aromatic nitrogens is 1. The van der Waals surface area contributed by atoms with Gasteiger partial charge < -0.3 is 10.2 Å². The minimum absolute atomic E-state index is 0. The number of rotatable bonds is 3. The van der Waals surface area contributed by atoms with Gasteiger partial charge in [0.1, 0.15) is 11.7 Å². The lowest BCUT2D eigenvalue weighted by atomic mass is 9.96. The molecule has 1 aliphatic rings. The Morgan fingerprint density at radius 2 is 2.10 bits per heavy atom. The summed E-state index contributed by atoms with van der Waals surface area (Å²) in [6, 6.07) is 3.74. The topological polar surface area (TPSA) is 62.3 Å². The van der Waals surface area contributed by atoms with Crippen LogP contribution in [0.1, 0.15) is 18.4 Å². The number of hydrogen-bond acceptors (Lipinski definition) is 3. The third-order valence-electron chi connectivity index (χ3n) is 3.58. The molecule has 0 spiro atoms. The van der Waals surface area contributed by atoms with E-state index in [-0.39, 0.29) is 36.0 Å². The van der Waals surface area contributed by atoms with Crippen LogP contribution in [0.4, 0.5) is 5.82 Å². The van der Waals surface area contributed by atoms with E-state index >= 15 is 0 Å². The molecule has 1 saturated heterocycles. The van der Waals surface area contributed by atoms with Crippen LogP contribution in [0.3, 0.4) is 0 Å². The SMILES string of the molecule is Cc1cccnc1NC(=O)C1CCN(C(=O)CCl)CC1.Cl. The van der Waals surface area contributed by atoms with Crippen molar-refractivity contribution in [2.45, 2.75) is 19.8 Å². The van der Waals surface area contributed by atoms with E-state index in [0.717, 1.165) is 5.56 Å². The number of likely N-dealkylation sites (tertiary alicyclic amines) is 1. The van der Waals surface area contributed by atoms with E-state index in [9.17, 15) is 9.59 Å². The summed E-state index contributed by atoms with van der Waals surface area (Å²) in [7, 11) is 0. The summed E-state index contributed by atoms with van der Waals surface area (Å²) in [4.78, 5) is 29.5. The first-order chi connectivity index (χ1) is 9.61. The van der Waals surface area contributed by atoms with Crippen molar-refractivity contribution in [3.8, 4) is 0 Å². The predicted molar refractivity (Wildman–Crippen MR) is 84.9 cm³/mol. The zero-order valence-corrected chi connectivity index (χ0v) is 13.4. The molecule has 1 N–H and O–H groups in total. The molecule has 1 aliphatic heterocycles. The molecule has 116 valence electrons. The number of carbonyl (C=O) groups excluding carboxylic acids is 2. The Balaban J connectivity index is 0.00000220. The van der Waals surface area contributed by atoms with Crippen LogP contribution >= 0.6 is 24.0 Å². The lowest BCUT2D eigenvalue weighted by Gasteiger charge is -2.30. The van der Waals surface area contributed by atoms with Crippen LogP contribution in [0.15, 0.2) is 18.3 Å². The number of aryl methyl sites for hydroxylation is 1. The van der Waals surface area contributed by atoms with E-state index in [1.807, 2.05) is 19.1 Å². The van der Waals surface area contributed by atoms with Gasteiger partial charge >= 0.3 is 0 Å². The Labute approximate surface area is 135 Å². The van der Waals surface area contributed by atoms with E-state index in [1.165, 1.54) is 0 Å². The van der Waals surface area contributed by atoms with Crippen molar-refractivity contribution in [3.63, 3.8) is 0 Å². The zero-order valence-electron chi connectivity index (χ0n) is 11.8. The summed E-state index contributed by atoms with van der Waals surface area (Å²) in [5.74, 6) is 0.452. The molecule has 2 heterocycles. The molecule has 7 heteroatoms. The smallest absolute Gasteiger partial charge is 0.237 e. The Bertz CT molecular complexity index is 503. The third-order valence-corrected chi connectivity index (χ3v) is 3.81. The molecule has 0 aromatic carbocycles. The third kappa shape index (κ3) is 4.58. The molecule has 1 fully saturated rings. The van der Waals surface area contributed by atoms with E-state index < -0.39 is 0 Å². The van der Waals surface area contributed by atoms with Crippen LogP contribution < -0.4 is 5.32 Å². The van der Waals surface area contributed by atoms with Gasteiger partial charge in [-0.15, -0.1) is 24.0 Å². The number of nitrogens with zero attached hydrogens (tertiary/aromatic N) is 2. The van der Waals surface area contributed by atoms with Crippen LogP contribution in [0, 0.1) is 12.8 Å². The Kier molecular flexibility index (Phi) is 6.92. The van der Waals surface area contributed by atoms with Crippen LogP contribution in [0.2, 0.25) is 0 Å². The van der Waals surface area contributed by atoms with Gasteiger partial charge in [0.05, 0.1) is 0 Å². The number of anilines is 1. The molecule has 0 aliphatic carbocycles. The molecule has 0 saturated carbocycles. The largest absolute Gasteiger partial charge is 0.342 e. The van der Waals surface area contributed by atoms with Crippen molar-refractivity contribution < 1.29 is 9.59 Å². The fourth-order valence-electron chi connectivity index (χ4n) is 2.31. The van der Waals surface area contributed by atoms with Gasteiger partial charge in [-0.1, -0.05) is 6.07 Å². The van der Waals surface area contributed by atoms with Gasteiger partial charge in [0.15, 0.2) is 0 Å². The summed E-state index contributed by atoms with van der Waals surface area (Å²) >= 11 is 5.53. The number of nitrogens with one attached hydrogen (secondary N) is 1.